The molecule has 2 aromatic rings. The van der Waals surface area contributed by atoms with Crippen LogP contribution in [-0.4, -0.2) is 11.1 Å². The van der Waals surface area contributed by atoms with Crippen molar-refractivity contribution in [3.05, 3.63) is 28.5 Å². The molecule has 0 aliphatic rings. The maximum Gasteiger partial charge on any atom is 0.348 e. The van der Waals surface area contributed by atoms with Crippen LogP contribution in [0, 0.1) is 6.92 Å². The zero-order valence-electron chi connectivity index (χ0n) is 10.5. The molecule has 0 fully saturated rings. The zero-order chi connectivity index (χ0) is 13.4. The van der Waals surface area contributed by atoms with Crippen molar-refractivity contribution in [1.82, 2.24) is 0 Å². The summed E-state index contributed by atoms with van der Waals surface area (Å²) in [6.07, 6.45) is 1.60. The minimum Gasteiger partial charge on any atom is -0.477 e. The number of nitrogen functional groups attached to an aromatic ring is 1. The number of carboxylic acid groups (broad SMARTS) is 1. The summed E-state index contributed by atoms with van der Waals surface area (Å²) in [5.41, 5.74) is 8.14. The van der Waals surface area contributed by atoms with Crippen molar-refractivity contribution in [3.8, 4) is 10.4 Å². The quantitative estimate of drug-likeness (QED) is 0.886. The number of anilines is 1. The Balaban J connectivity index is 2.71. The van der Waals surface area contributed by atoms with E-state index in [0.29, 0.717) is 5.69 Å². The van der Waals surface area contributed by atoms with E-state index >= 15 is 0 Å². The lowest BCUT2D eigenvalue weighted by Gasteiger charge is -2.08. The molecule has 5 heteroatoms. The molecule has 0 aromatic carbocycles. The average Bonchev–Trinajstić information content (AvgIpc) is 2.81. The summed E-state index contributed by atoms with van der Waals surface area (Å²) in [6, 6.07) is 1.85. The summed E-state index contributed by atoms with van der Waals surface area (Å²) in [7, 11) is 0. The summed E-state index contributed by atoms with van der Waals surface area (Å²) in [5, 5.41) is 9.16. The molecule has 2 rings (SSSR count). The molecule has 0 aliphatic heterocycles. The smallest absolute Gasteiger partial charge is 0.348 e. The first-order valence-electron chi connectivity index (χ1n) is 5.63. The van der Waals surface area contributed by atoms with Gasteiger partial charge in [0, 0.05) is 10.4 Å². The third-order valence-electron chi connectivity index (χ3n) is 2.86. The van der Waals surface area contributed by atoms with Gasteiger partial charge < -0.3 is 15.3 Å². The van der Waals surface area contributed by atoms with Gasteiger partial charge in [-0.1, -0.05) is 13.8 Å². The molecule has 2 aromatic heterocycles. The number of carbonyl (C=O) groups is 1. The van der Waals surface area contributed by atoms with Crippen LogP contribution in [0.15, 0.2) is 16.7 Å². The number of furan rings is 1. The molecule has 0 unspecified atom stereocenters. The predicted octanol–water partition coefficient (Wildman–Crippen LogP) is 3.72. The van der Waals surface area contributed by atoms with Gasteiger partial charge in [-0.3, -0.25) is 0 Å². The Morgan fingerprint density at radius 1 is 1.50 bits per heavy atom. The lowest BCUT2D eigenvalue weighted by molar-refractivity contribution is 0.0703. The van der Waals surface area contributed by atoms with E-state index in [-0.39, 0.29) is 10.8 Å². The summed E-state index contributed by atoms with van der Waals surface area (Å²) in [4.78, 5) is 12.3. The van der Waals surface area contributed by atoms with E-state index in [4.69, 9.17) is 15.3 Å². The van der Waals surface area contributed by atoms with Gasteiger partial charge in [0.15, 0.2) is 0 Å². The summed E-state index contributed by atoms with van der Waals surface area (Å²) < 4.78 is 5.28. The van der Waals surface area contributed by atoms with Gasteiger partial charge in [0.1, 0.15) is 10.6 Å². The number of aryl methyl sites for hydroxylation is 1. The van der Waals surface area contributed by atoms with Gasteiger partial charge in [-0.2, -0.15) is 0 Å². The lowest BCUT2D eigenvalue weighted by atomic mass is 9.98. The molecule has 3 N–H and O–H groups in total. The summed E-state index contributed by atoms with van der Waals surface area (Å²) in [5.74, 6) is -0.0412. The van der Waals surface area contributed by atoms with Gasteiger partial charge in [0.05, 0.1) is 12.0 Å². The molecular formula is C13H15NO3S. The van der Waals surface area contributed by atoms with Gasteiger partial charge in [0.2, 0.25) is 0 Å². The Labute approximate surface area is 109 Å². The van der Waals surface area contributed by atoms with Crippen LogP contribution in [0.4, 0.5) is 5.69 Å². The molecule has 0 saturated heterocycles. The molecule has 2 heterocycles. The Morgan fingerprint density at radius 2 is 2.17 bits per heavy atom. The zero-order valence-corrected chi connectivity index (χ0v) is 11.3. The standard InChI is InChI=1S/C13H15NO3S/c1-6(2)9-10(14)12(13(15)16)18-11(9)8-4-5-17-7(8)3/h4-6H,14H2,1-3H3,(H,15,16). The van der Waals surface area contributed by atoms with E-state index in [2.05, 4.69) is 0 Å². The molecule has 0 spiro atoms. The van der Waals surface area contributed by atoms with E-state index in [1.165, 1.54) is 11.3 Å². The molecule has 0 bridgehead atoms. The fraction of sp³-hybridized carbons (Fsp3) is 0.308. The van der Waals surface area contributed by atoms with Crippen molar-refractivity contribution in [2.45, 2.75) is 26.7 Å². The van der Waals surface area contributed by atoms with E-state index in [9.17, 15) is 4.79 Å². The second-order valence-electron chi connectivity index (χ2n) is 4.44. The van der Waals surface area contributed by atoms with Crippen LogP contribution in [0.2, 0.25) is 0 Å². The Bertz CT molecular complexity index is 595. The van der Waals surface area contributed by atoms with Crippen LogP contribution in [0.25, 0.3) is 10.4 Å². The third-order valence-corrected chi connectivity index (χ3v) is 4.10. The van der Waals surface area contributed by atoms with Crippen LogP contribution in [-0.2, 0) is 0 Å². The molecule has 0 atom stereocenters. The number of nitrogens with two attached hydrogens (primary N) is 1. The highest BCUT2D eigenvalue weighted by molar-refractivity contribution is 7.18. The van der Waals surface area contributed by atoms with Gasteiger partial charge in [-0.25, -0.2) is 4.79 Å². The van der Waals surface area contributed by atoms with Gasteiger partial charge in [0.25, 0.3) is 0 Å². The number of thiophene rings is 1. The van der Waals surface area contributed by atoms with Crippen LogP contribution >= 0.6 is 11.3 Å². The maximum absolute atomic E-state index is 11.2. The van der Waals surface area contributed by atoms with Crippen molar-refractivity contribution >= 4 is 23.0 Å². The lowest BCUT2D eigenvalue weighted by Crippen LogP contribution is -2.00. The number of aromatic carboxylic acids is 1. The highest BCUT2D eigenvalue weighted by Crippen LogP contribution is 2.43. The monoisotopic (exact) mass is 265 g/mol. The van der Waals surface area contributed by atoms with Crippen molar-refractivity contribution in [2.24, 2.45) is 0 Å². The van der Waals surface area contributed by atoms with E-state index in [1.807, 2.05) is 26.8 Å². The number of hydrogen-bond acceptors (Lipinski definition) is 4. The maximum atomic E-state index is 11.2. The number of carboxylic acids is 1. The number of rotatable bonds is 3. The van der Waals surface area contributed by atoms with Crippen LogP contribution < -0.4 is 5.73 Å². The molecule has 0 aliphatic carbocycles. The third kappa shape index (κ3) is 1.90. The average molecular weight is 265 g/mol. The molecular weight excluding hydrogens is 250 g/mol. The van der Waals surface area contributed by atoms with Crippen molar-refractivity contribution in [3.63, 3.8) is 0 Å². The molecule has 96 valence electrons. The first-order valence-corrected chi connectivity index (χ1v) is 6.45. The molecule has 0 radical (unpaired) electrons. The first kappa shape index (κ1) is 12.7. The topological polar surface area (TPSA) is 76.5 Å². The van der Waals surface area contributed by atoms with Gasteiger partial charge in [-0.05, 0) is 24.5 Å². The summed E-state index contributed by atoms with van der Waals surface area (Å²) >= 11 is 1.21. The SMILES string of the molecule is Cc1occc1-c1sc(C(=O)O)c(N)c1C(C)C. The van der Waals surface area contributed by atoms with E-state index in [1.54, 1.807) is 6.26 Å². The largest absolute Gasteiger partial charge is 0.477 e. The Morgan fingerprint density at radius 3 is 2.61 bits per heavy atom. The Hall–Kier alpha value is -1.75. The van der Waals surface area contributed by atoms with Crippen molar-refractivity contribution in [2.75, 3.05) is 5.73 Å². The molecule has 0 saturated carbocycles. The van der Waals surface area contributed by atoms with Crippen molar-refractivity contribution in [1.29, 1.82) is 0 Å². The predicted molar refractivity (Wildman–Crippen MR) is 72.2 cm³/mol. The Kier molecular flexibility index (Phi) is 3.17. The van der Waals surface area contributed by atoms with Crippen molar-refractivity contribution < 1.29 is 14.3 Å². The minimum absolute atomic E-state index is 0.165. The number of hydrogen-bond donors (Lipinski definition) is 2. The second-order valence-corrected chi connectivity index (χ2v) is 5.46. The highest BCUT2D eigenvalue weighted by Gasteiger charge is 2.24. The van der Waals surface area contributed by atoms with Gasteiger partial charge >= 0.3 is 5.97 Å². The molecule has 18 heavy (non-hydrogen) atoms. The van der Waals surface area contributed by atoms with Crippen LogP contribution in [0.3, 0.4) is 0 Å². The highest BCUT2D eigenvalue weighted by atomic mass is 32.1. The van der Waals surface area contributed by atoms with Crippen LogP contribution in [0.1, 0.15) is 40.8 Å². The fourth-order valence-corrected chi connectivity index (χ4v) is 3.30. The summed E-state index contributed by atoms with van der Waals surface area (Å²) in [6.45, 7) is 5.86. The van der Waals surface area contributed by atoms with E-state index < -0.39 is 5.97 Å². The normalized spacial score (nSPS) is 11.1. The molecule has 0 amide bonds. The van der Waals surface area contributed by atoms with E-state index in [0.717, 1.165) is 21.8 Å². The van der Waals surface area contributed by atoms with Gasteiger partial charge in [-0.15, -0.1) is 11.3 Å². The molecule has 4 nitrogen and oxygen atoms in total. The first-order chi connectivity index (χ1) is 8.43. The minimum atomic E-state index is -0.980. The second kappa shape index (κ2) is 4.49. The fourth-order valence-electron chi connectivity index (χ4n) is 2.01. The van der Waals surface area contributed by atoms with Crippen LogP contribution in [0.5, 0.6) is 0 Å².